The predicted molar refractivity (Wildman–Crippen MR) is 80.0 cm³/mol. The molecule has 114 valence electrons. The Bertz CT molecular complexity index is 494. The number of carboxylic acid groups (broad SMARTS) is 1. The maximum absolute atomic E-state index is 12.5. The number of nitrogens with zero attached hydrogens (tertiary/aromatic N) is 1. The summed E-state index contributed by atoms with van der Waals surface area (Å²) in [6.45, 7) is 4.01. The maximum atomic E-state index is 12.5. The lowest BCUT2D eigenvalue weighted by atomic mass is 9.98. The van der Waals surface area contributed by atoms with Gasteiger partial charge in [-0.25, -0.2) is 9.59 Å². The molecule has 1 aliphatic heterocycles. The molecule has 0 radical (unpaired) electrons. The molecular formula is C16H22N2O3. The largest absolute Gasteiger partial charge is 0.479 e. The SMILES string of the molecule is C[C@@H]1CCC[C@H](C)N1C(=O)N[C@@H](C(=O)O)c1ccccc1. The number of likely N-dealkylation sites (tertiary alicyclic amines) is 1. The molecule has 0 saturated carbocycles. The summed E-state index contributed by atoms with van der Waals surface area (Å²) in [7, 11) is 0. The van der Waals surface area contributed by atoms with Gasteiger partial charge in [0.2, 0.25) is 0 Å². The fourth-order valence-electron chi connectivity index (χ4n) is 2.95. The van der Waals surface area contributed by atoms with Crippen LogP contribution in [0.25, 0.3) is 0 Å². The van der Waals surface area contributed by atoms with Gasteiger partial charge in [-0.1, -0.05) is 30.3 Å². The smallest absolute Gasteiger partial charge is 0.330 e. The monoisotopic (exact) mass is 290 g/mol. The molecule has 1 heterocycles. The van der Waals surface area contributed by atoms with Gasteiger partial charge in [0.25, 0.3) is 0 Å². The Hall–Kier alpha value is -2.04. The molecule has 0 aliphatic carbocycles. The van der Waals surface area contributed by atoms with Crippen molar-refractivity contribution < 1.29 is 14.7 Å². The summed E-state index contributed by atoms with van der Waals surface area (Å²) in [5, 5.41) is 12.0. The van der Waals surface area contributed by atoms with E-state index in [1.54, 1.807) is 29.2 Å². The van der Waals surface area contributed by atoms with E-state index in [9.17, 15) is 14.7 Å². The van der Waals surface area contributed by atoms with Crippen molar-refractivity contribution in [1.29, 1.82) is 0 Å². The van der Waals surface area contributed by atoms with Crippen LogP contribution in [0.5, 0.6) is 0 Å². The number of carboxylic acids is 1. The Labute approximate surface area is 125 Å². The summed E-state index contributed by atoms with van der Waals surface area (Å²) in [6, 6.07) is 7.74. The Kier molecular flexibility index (Phi) is 4.83. The number of nitrogens with one attached hydrogen (secondary N) is 1. The van der Waals surface area contributed by atoms with Gasteiger partial charge in [-0.2, -0.15) is 0 Å². The van der Waals surface area contributed by atoms with Gasteiger partial charge in [-0.3, -0.25) is 0 Å². The highest BCUT2D eigenvalue weighted by atomic mass is 16.4. The highest BCUT2D eigenvalue weighted by molar-refractivity contribution is 5.84. The van der Waals surface area contributed by atoms with Crippen molar-refractivity contribution in [3.63, 3.8) is 0 Å². The fourth-order valence-corrected chi connectivity index (χ4v) is 2.95. The Morgan fingerprint density at radius 2 is 1.76 bits per heavy atom. The van der Waals surface area contributed by atoms with Crippen molar-refractivity contribution in [3.05, 3.63) is 35.9 Å². The van der Waals surface area contributed by atoms with E-state index in [0.717, 1.165) is 19.3 Å². The Balaban J connectivity index is 2.13. The van der Waals surface area contributed by atoms with Crippen LogP contribution in [0.1, 0.15) is 44.7 Å². The third-order valence-electron chi connectivity index (χ3n) is 4.08. The third kappa shape index (κ3) is 3.54. The number of carbonyl (C=O) groups is 2. The standard InChI is InChI=1S/C16H22N2O3/c1-11-7-6-8-12(2)18(11)16(21)17-14(15(19)20)13-9-4-3-5-10-13/h3-5,9-12,14H,6-8H2,1-2H3,(H,17,21)(H,19,20)/t11-,12+,14-/m1/s1. The average Bonchev–Trinajstić information content (AvgIpc) is 2.45. The molecule has 0 spiro atoms. The summed E-state index contributed by atoms with van der Waals surface area (Å²) < 4.78 is 0. The van der Waals surface area contributed by atoms with Crippen molar-refractivity contribution in [2.24, 2.45) is 0 Å². The van der Waals surface area contributed by atoms with Gasteiger partial charge in [-0.05, 0) is 38.7 Å². The third-order valence-corrected chi connectivity index (χ3v) is 4.08. The summed E-state index contributed by atoms with van der Waals surface area (Å²) in [5.41, 5.74) is 0.579. The van der Waals surface area contributed by atoms with Gasteiger partial charge in [0.15, 0.2) is 6.04 Å². The molecule has 5 nitrogen and oxygen atoms in total. The molecule has 0 aromatic heterocycles. The van der Waals surface area contributed by atoms with E-state index in [1.165, 1.54) is 0 Å². The van der Waals surface area contributed by atoms with E-state index in [0.29, 0.717) is 5.56 Å². The number of piperidine rings is 1. The van der Waals surface area contributed by atoms with Crippen molar-refractivity contribution in [2.75, 3.05) is 0 Å². The van der Waals surface area contributed by atoms with Gasteiger partial charge in [0.05, 0.1) is 0 Å². The molecule has 2 N–H and O–H groups in total. The topological polar surface area (TPSA) is 69.6 Å². The first kappa shape index (κ1) is 15.4. The Morgan fingerprint density at radius 1 is 1.19 bits per heavy atom. The predicted octanol–water partition coefficient (Wildman–Crippen LogP) is 2.78. The zero-order valence-corrected chi connectivity index (χ0v) is 12.5. The molecule has 5 heteroatoms. The number of aliphatic carboxylic acids is 1. The first-order chi connectivity index (χ1) is 10.0. The second-order valence-corrected chi connectivity index (χ2v) is 5.67. The first-order valence-electron chi connectivity index (χ1n) is 7.37. The zero-order chi connectivity index (χ0) is 15.4. The molecule has 1 aliphatic rings. The number of hydrogen-bond acceptors (Lipinski definition) is 2. The van der Waals surface area contributed by atoms with E-state index < -0.39 is 12.0 Å². The lowest BCUT2D eigenvalue weighted by Gasteiger charge is -2.39. The van der Waals surface area contributed by atoms with Crippen molar-refractivity contribution in [2.45, 2.75) is 51.2 Å². The molecule has 0 unspecified atom stereocenters. The summed E-state index contributed by atoms with van der Waals surface area (Å²) >= 11 is 0. The van der Waals surface area contributed by atoms with Gasteiger partial charge in [0.1, 0.15) is 0 Å². The molecule has 2 amide bonds. The first-order valence-corrected chi connectivity index (χ1v) is 7.37. The lowest BCUT2D eigenvalue weighted by molar-refractivity contribution is -0.139. The van der Waals surface area contributed by atoms with Gasteiger partial charge in [-0.15, -0.1) is 0 Å². The fraction of sp³-hybridized carbons (Fsp3) is 0.500. The van der Waals surface area contributed by atoms with Crippen molar-refractivity contribution >= 4 is 12.0 Å². The molecular weight excluding hydrogens is 268 g/mol. The van der Waals surface area contributed by atoms with E-state index in [1.807, 2.05) is 19.9 Å². The number of rotatable bonds is 3. The maximum Gasteiger partial charge on any atom is 0.330 e. The molecule has 21 heavy (non-hydrogen) atoms. The highest BCUT2D eigenvalue weighted by Gasteiger charge is 2.31. The van der Waals surface area contributed by atoms with E-state index in [-0.39, 0.29) is 18.1 Å². The van der Waals surface area contributed by atoms with Crippen LogP contribution in [0.3, 0.4) is 0 Å². The van der Waals surface area contributed by atoms with E-state index >= 15 is 0 Å². The second-order valence-electron chi connectivity index (χ2n) is 5.67. The number of amides is 2. The van der Waals surface area contributed by atoms with E-state index in [2.05, 4.69) is 5.32 Å². The number of benzene rings is 1. The average molecular weight is 290 g/mol. The normalized spacial score (nSPS) is 23.4. The summed E-state index contributed by atoms with van der Waals surface area (Å²) in [6.07, 6.45) is 3.02. The lowest BCUT2D eigenvalue weighted by Crippen LogP contribution is -2.53. The summed E-state index contributed by atoms with van der Waals surface area (Å²) in [5.74, 6) is -1.05. The summed E-state index contributed by atoms with van der Waals surface area (Å²) in [4.78, 5) is 25.7. The molecule has 0 bridgehead atoms. The van der Waals surface area contributed by atoms with Crippen LogP contribution in [0.2, 0.25) is 0 Å². The van der Waals surface area contributed by atoms with Crippen LogP contribution < -0.4 is 5.32 Å². The second kappa shape index (κ2) is 6.61. The molecule has 2 rings (SSSR count). The van der Waals surface area contributed by atoms with Gasteiger partial charge >= 0.3 is 12.0 Å². The van der Waals surface area contributed by atoms with Crippen molar-refractivity contribution in [3.8, 4) is 0 Å². The van der Waals surface area contributed by atoms with Gasteiger partial charge in [0, 0.05) is 12.1 Å². The quantitative estimate of drug-likeness (QED) is 0.899. The van der Waals surface area contributed by atoms with E-state index in [4.69, 9.17) is 0 Å². The molecule has 1 saturated heterocycles. The van der Waals surface area contributed by atoms with Gasteiger partial charge < -0.3 is 15.3 Å². The molecule has 1 aromatic rings. The number of urea groups is 1. The molecule has 3 atom stereocenters. The van der Waals surface area contributed by atoms with Crippen LogP contribution in [-0.4, -0.2) is 34.1 Å². The zero-order valence-electron chi connectivity index (χ0n) is 12.5. The van der Waals surface area contributed by atoms with Crippen molar-refractivity contribution in [1.82, 2.24) is 10.2 Å². The van der Waals surface area contributed by atoms with Crippen LogP contribution in [0.15, 0.2) is 30.3 Å². The minimum absolute atomic E-state index is 0.138. The number of carbonyl (C=O) groups excluding carboxylic acids is 1. The van der Waals surface area contributed by atoms with Crippen LogP contribution >= 0.6 is 0 Å². The number of hydrogen-bond donors (Lipinski definition) is 2. The van der Waals surface area contributed by atoms with Crippen LogP contribution in [0, 0.1) is 0 Å². The molecule has 1 aromatic carbocycles. The highest BCUT2D eigenvalue weighted by Crippen LogP contribution is 2.23. The molecule has 1 fully saturated rings. The minimum atomic E-state index is -1.05. The van der Waals surface area contributed by atoms with Crippen LogP contribution in [-0.2, 0) is 4.79 Å². The Morgan fingerprint density at radius 3 is 2.29 bits per heavy atom. The van der Waals surface area contributed by atoms with Crippen LogP contribution in [0.4, 0.5) is 4.79 Å². The minimum Gasteiger partial charge on any atom is -0.479 e.